The molecule has 9 nitrogen and oxygen atoms in total. The molecule has 0 aromatic rings. The molecule has 0 aliphatic heterocycles. The molecule has 2 unspecified atom stereocenters. The van der Waals surface area contributed by atoms with Crippen LogP contribution in [0.25, 0.3) is 0 Å². The molecule has 0 rings (SSSR count). The molecule has 100 heavy (non-hydrogen) atoms. The standard InChI is InChI=1S/C90H148NO8P/c1-6-8-10-12-14-16-18-20-22-24-26-28-30-32-34-36-38-40-42-43-44-45-46-47-49-51-53-55-57-59-61-63-65-67-69-71-73-75-77-79-81-83-90(93)99-88(87-98-100(94,95)97-85-84-91(3,4)5)86-96-89(92)82-80-78-76-74-72-70-68-66-64-62-60-58-56-54-52-50-48-41-39-37-35-33-31-29-27-25-23-21-19-17-15-13-11-9-7-2/h8-11,14-17,20-23,26-29,32-35,38,40,43-44,46-47,51,53,57,59,63,65,88H,6-7,12-13,18-19,24-25,30-31,36-37,39,41-42,45,48-50,52,54-56,58,60-62,64,66-87H2,1-5H3/b10-8-,11-9-,16-14-,17-15-,22-20-,23-21-,28-26-,29-27-,34-32-,35-33-,40-38-,44-43-,47-46-,53-51-,59-57-,65-63-. The van der Waals surface area contributed by atoms with Crippen LogP contribution in [0.15, 0.2) is 194 Å². The molecule has 0 radical (unpaired) electrons. The van der Waals surface area contributed by atoms with Crippen LogP contribution in [0.4, 0.5) is 0 Å². The zero-order chi connectivity index (χ0) is 72.5. The fraction of sp³-hybridized carbons (Fsp3) is 0.622. The Morgan fingerprint density at radius 3 is 0.800 bits per heavy atom. The summed E-state index contributed by atoms with van der Waals surface area (Å²) in [5.74, 6) is -0.849. The van der Waals surface area contributed by atoms with Crippen molar-refractivity contribution < 1.29 is 42.1 Å². The zero-order valence-corrected chi connectivity index (χ0v) is 65.5. The molecule has 0 N–H and O–H groups in total. The lowest BCUT2D eigenvalue weighted by Gasteiger charge is -2.28. The number of carbonyl (C=O) groups is 2. The van der Waals surface area contributed by atoms with E-state index in [1.54, 1.807) is 0 Å². The van der Waals surface area contributed by atoms with Crippen molar-refractivity contribution >= 4 is 19.8 Å². The molecule has 0 aromatic heterocycles. The summed E-state index contributed by atoms with van der Waals surface area (Å²) < 4.78 is 34.4. The summed E-state index contributed by atoms with van der Waals surface area (Å²) in [4.78, 5) is 38.2. The summed E-state index contributed by atoms with van der Waals surface area (Å²) in [6.07, 6.45) is 121. The summed E-state index contributed by atoms with van der Waals surface area (Å²) in [6.45, 7) is 4.00. The molecule has 0 aliphatic rings. The molecule has 0 saturated heterocycles. The van der Waals surface area contributed by atoms with Crippen LogP contribution >= 0.6 is 7.82 Å². The number of rotatable bonds is 72. The summed E-state index contributed by atoms with van der Waals surface area (Å²) in [5.41, 5.74) is 0. The van der Waals surface area contributed by atoms with Crippen LogP contribution in [-0.2, 0) is 32.7 Å². The third-order valence-electron chi connectivity index (χ3n) is 16.6. The number of unbranched alkanes of at least 4 members (excludes halogenated alkanes) is 26. The number of nitrogens with zero attached hydrogens (tertiary/aromatic N) is 1. The Kier molecular flexibility index (Phi) is 74.0. The third kappa shape index (κ3) is 81.8. The van der Waals surface area contributed by atoms with Crippen molar-refractivity contribution in [3.63, 3.8) is 0 Å². The number of ether oxygens (including phenoxy) is 2. The van der Waals surface area contributed by atoms with Crippen LogP contribution < -0.4 is 4.89 Å². The molecular formula is C90H148NO8P. The van der Waals surface area contributed by atoms with E-state index in [9.17, 15) is 19.0 Å². The Morgan fingerprint density at radius 1 is 0.310 bits per heavy atom. The van der Waals surface area contributed by atoms with Crippen molar-refractivity contribution in [1.29, 1.82) is 0 Å². The van der Waals surface area contributed by atoms with E-state index in [2.05, 4.69) is 208 Å². The summed E-state index contributed by atoms with van der Waals surface area (Å²) >= 11 is 0. The maximum atomic E-state index is 12.9. The molecule has 0 fully saturated rings. The van der Waals surface area contributed by atoms with Gasteiger partial charge in [-0.3, -0.25) is 14.2 Å². The van der Waals surface area contributed by atoms with Crippen molar-refractivity contribution in [2.45, 2.75) is 315 Å². The van der Waals surface area contributed by atoms with Crippen molar-refractivity contribution in [3.8, 4) is 0 Å². The highest BCUT2D eigenvalue weighted by molar-refractivity contribution is 7.45. The van der Waals surface area contributed by atoms with Gasteiger partial charge in [-0.15, -0.1) is 0 Å². The fourth-order valence-corrected chi connectivity index (χ4v) is 11.3. The maximum Gasteiger partial charge on any atom is 0.306 e. The number of quaternary nitrogens is 1. The molecule has 566 valence electrons. The Bertz CT molecular complexity index is 2400. The Labute approximate surface area is 615 Å². The number of phosphoric ester groups is 1. The van der Waals surface area contributed by atoms with E-state index in [-0.39, 0.29) is 32.0 Å². The average Bonchev–Trinajstić information content (AvgIpc) is 1.30. The summed E-state index contributed by atoms with van der Waals surface area (Å²) in [7, 11) is 1.14. The van der Waals surface area contributed by atoms with E-state index in [0.29, 0.717) is 17.4 Å². The van der Waals surface area contributed by atoms with Crippen LogP contribution in [0.2, 0.25) is 0 Å². The number of allylic oxidation sites excluding steroid dienone is 32. The van der Waals surface area contributed by atoms with Gasteiger partial charge >= 0.3 is 11.9 Å². The summed E-state index contributed by atoms with van der Waals surface area (Å²) in [5, 5.41) is 0. The van der Waals surface area contributed by atoms with E-state index in [1.807, 2.05) is 21.1 Å². The largest absolute Gasteiger partial charge is 0.756 e. The lowest BCUT2D eigenvalue weighted by molar-refractivity contribution is -0.870. The molecule has 0 bridgehead atoms. The van der Waals surface area contributed by atoms with Gasteiger partial charge in [-0.1, -0.05) is 350 Å². The predicted molar refractivity (Wildman–Crippen MR) is 433 cm³/mol. The second-order valence-electron chi connectivity index (χ2n) is 27.3. The zero-order valence-electron chi connectivity index (χ0n) is 64.6. The monoisotopic (exact) mass is 1400 g/mol. The number of hydrogen-bond donors (Lipinski definition) is 0. The van der Waals surface area contributed by atoms with Crippen LogP contribution in [0.1, 0.15) is 309 Å². The number of esters is 2. The van der Waals surface area contributed by atoms with Gasteiger partial charge in [0.1, 0.15) is 19.8 Å². The molecule has 0 aliphatic carbocycles. The van der Waals surface area contributed by atoms with Crippen LogP contribution in [0, 0.1) is 0 Å². The number of carbonyl (C=O) groups excluding carboxylic acids is 2. The van der Waals surface area contributed by atoms with E-state index in [0.717, 1.165) is 154 Å². The SMILES string of the molecule is CC/C=C\C/C=C\C/C=C\C/C=C\C/C=C\C/C=C\C/C=C\C/C=C\C/C=C\C/C=C\C/C=C\CCCCCCCCCC(=O)OC(COC(=O)CCCCCCCCCCCCCCCCCCCCC/C=C\C/C=C\C/C=C\C/C=C\C/C=C\CC)COP(=O)([O-])OCC[N+](C)(C)C. The number of phosphoric acid groups is 1. The third-order valence-corrected chi connectivity index (χ3v) is 17.6. The fourth-order valence-electron chi connectivity index (χ4n) is 10.6. The van der Waals surface area contributed by atoms with Gasteiger partial charge in [-0.05, 0) is 141 Å². The number of hydrogen-bond acceptors (Lipinski definition) is 8. The van der Waals surface area contributed by atoms with E-state index < -0.39 is 26.5 Å². The second kappa shape index (κ2) is 78.0. The molecule has 0 amide bonds. The van der Waals surface area contributed by atoms with Crippen molar-refractivity contribution in [3.05, 3.63) is 194 Å². The Balaban J connectivity index is 4.07. The van der Waals surface area contributed by atoms with E-state index >= 15 is 0 Å². The highest BCUT2D eigenvalue weighted by Gasteiger charge is 2.22. The highest BCUT2D eigenvalue weighted by Crippen LogP contribution is 2.38. The minimum Gasteiger partial charge on any atom is -0.756 e. The van der Waals surface area contributed by atoms with Crippen molar-refractivity contribution in [2.75, 3.05) is 47.5 Å². The van der Waals surface area contributed by atoms with Gasteiger partial charge in [0.25, 0.3) is 7.82 Å². The normalized spacial score (nSPS) is 14.1. The van der Waals surface area contributed by atoms with Crippen LogP contribution in [0.3, 0.4) is 0 Å². The molecule has 2 atom stereocenters. The molecular weight excluding hydrogens is 1250 g/mol. The maximum absolute atomic E-state index is 12.9. The van der Waals surface area contributed by atoms with Crippen molar-refractivity contribution in [2.24, 2.45) is 0 Å². The molecule has 0 saturated carbocycles. The van der Waals surface area contributed by atoms with E-state index in [4.69, 9.17) is 18.5 Å². The second-order valence-corrected chi connectivity index (χ2v) is 28.7. The lowest BCUT2D eigenvalue weighted by Crippen LogP contribution is -2.37. The first kappa shape index (κ1) is 94.8. The highest BCUT2D eigenvalue weighted by atomic mass is 31.2. The number of likely N-dealkylation sites (N-methyl/N-ethyl adjacent to an activating group) is 1. The average molecular weight is 1400 g/mol. The van der Waals surface area contributed by atoms with Gasteiger partial charge < -0.3 is 27.9 Å². The Hall–Kier alpha value is -5.15. The van der Waals surface area contributed by atoms with Gasteiger partial charge in [0.05, 0.1) is 27.7 Å². The lowest BCUT2D eigenvalue weighted by atomic mass is 10.0. The van der Waals surface area contributed by atoms with Gasteiger partial charge in [-0.2, -0.15) is 0 Å². The first-order valence-corrected chi connectivity index (χ1v) is 41.6. The minimum atomic E-state index is -4.66. The quantitative estimate of drug-likeness (QED) is 0.0195. The van der Waals surface area contributed by atoms with Gasteiger partial charge in [0.15, 0.2) is 6.10 Å². The van der Waals surface area contributed by atoms with E-state index in [1.165, 1.54) is 122 Å². The topological polar surface area (TPSA) is 111 Å². The smallest absolute Gasteiger partial charge is 0.306 e. The molecule has 0 heterocycles. The van der Waals surface area contributed by atoms with Crippen LogP contribution in [0.5, 0.6) is 0 Å². The molecule has 0 spiro atoms. The van der Waals surface area contributed by atoms with Crippen molar-refractivity contribution in [1.82, 2.24) is 0 Å². The first-order chi connectivity index (χ1) is 49.0. The summed E-state index contributed by atoms with van der Waals surface area (Å²) in [6, 6.07) is 0. The molecule has 0 aromatic carbocycles. The first-order valence-electron chi connectivity index (χ1n) is 40.1. The van der Waals surface area contributed by atoms with Crippen LogP contribution in [-0.4, -0.2) is 70.0 Å². The predicted octanol–water partition coefficient (Wildman–Crippen LogP) is 26.5. The molecule has 10 heteroatoms. The van der Waals surface area contributed by atoms with Gasteiger partial charge in [0, 0.05) is 12.8 Å². The van der Waals surface area contributed by atoms with Gasteiger partial charge in [-0.25, -0.2) is 0 Å². The minimum absolute atomic E-state index is 0.0411. The van der Waals surface area contributed by atoms with Gasteiger partial charge in [0.2, 0.25) is 0 Å². The Morgan fingerprint density at radius 2 is 0.540 bits per heavy atom.